The van der Waals surface area contributed by atoms with Crippen LogP contribution in [0.4, 0.5) is 0 Å². The molecule has 1 rings (SSSR count). The Labute approximate surface area is 109 Å². The fraction of sp³-hybridized carbons (Fsp3) is 0.846. The molecule has 2 unspecified atom stereocenters. The van der Waals surface area contributed by atoms with Gasteiger partial charge in [0.1, 0.15) is 0 Å². The first-order valence-corrected chi connectivity index (χ1v) is 6.79. The van der Waals surface area contributed by atoms with Crippen LogP contribution in [0.15, 0.2) is 0 Å². The van der Waals surface area contributed by atoms with Gasteiger partial charge < -0.3 is 16.0 Å². The SMILES string of the molecule is CCCC(C)N1CC(C(=O)N[C@@H](C)CN)CC1=O. The molecule has 1 heterocycles. The van der Waals surface area contributed by atoms with Crippen LogP contribution < -0.4 is 11.1 Å². The normalized spacial score (nSPS) is 23.0. The molecule has 1 aliphatic rings. The average Bonchev–Trinajstić information content (AvgIpc) is 2.71. The van der Waals surface area contributed by atoms with Crippen LogP contribution in [-0.4, -0.2) is 41.9 Å². The Morgan fingerprint density at radius 3 is 2.78 bits per heavy atom. The van der Waals surface area contributed by atoms with Gasteiger partial charge in [-0.2, -0.15) is 0 Å². The molecule has 0 aromatic rings. The second-order valence-corrected chi connectivity index (χ2v) is 5.23. The van der Waals surface area contributed by atoms with E-state index in [4.69, 9.17) is 5.73 Å². The topological polar surface area (TPSA) is 75.4 Å². The first-order chi connectivity index (χ1) is 8.49. The number of hydrogen-bond donors (Lipinski definition) is 2. The quantitative estimate of drug-likeness (QED) is 0.725. The maximum atomic E-state index is 11.9. The third kappa shape index (κ3) is 3.70. The zero-order valence-corrected chi connectivity index (χ0v) is 11.6. The summed E-state index contributed by atoms with van der Waals surface area (Å²) in [7, 11) is 0. The van der Waals surface area contributed by atoms with Crippen LogP contribution >= 0.6 is 0 Å². The number of nitrogens with two attached hydrogens (primary N) is 1. The van der Waals surface area contributed by atoms with Crippen molar-refractivity contribution in [2.24, 2.45) is 11.7 Å². The fourth-order valence-electron chi connectivity index (χ4n) is 2.33. The number of rotatable bonds is 6. The molecule has 5 heteroatoms. The van der Waals surface area contributed by atoms with Crippen LogP contribution in [0.3, 0.4) is 0 Å². The zero-order chi connectivity index (χ0) is 13.7. The molecule has 0 aromatic heterocycles. The molecule has 2 amide bonds. The number of amides is 2. The summed E-state index contributed by atoms with van der Waals surface area (Å²) in [6.45, 7) is 6.98. The molecule has 0 aromatic carbocycles. The van der Waals surface area contributed by atoms with Crippen LogP contribution in [0.1, 0.15) is 40.0 Å². The van der Waals surface area contributed by atoms with Gasteiger partial charge in [-0.3, -0.25) is 9.59 Å². The minimum atomic E-state index is -0.217. The van der Waals surface area contributed by atoms with E-state index >= 15 is 0 Å². The van der Waals surface area contributed by atoms with Crippen molar-refractivity contribution in [1.82, 2.24) is 10.2 Å². The highest BCUT2D eigenvalue weighted by Crippen LogP contribution is 2.22. The van der Waals surface area contributed by atoms with Crippen molar-refractivity contribution in [2.45, 2.75) is 52.1 Å². The van der Waals surface area contributed by atoms with Crippen molar-refractivity contribution >= 4 is 11.8 Å². The van der Waals surface area contributed by atoms with E-state index in [9.17, 15) is 9.59 Å². The predicted molar refractivity (Wildman–Crippen MR) is 70.8 cm³/mol. The molecule has 104 valence electrons. The first kappa shape index (κ1) is 15.0. The van der Waals surface area contributed by atoms with Gasteiger partial charge in [0.2, 0.25) is 11.8 Å². The Hall–Kier alpha value is -1.10. The molecule has 0 saturated carbocycles. The Morgan fingerprint density at radius 2 is 2.22 bits per heavy atom. The van der Waals surface area contributed by atoms with Crippen molar-refractivity contribution in [3.05, 3.63) is 0 Å². The molecule has 0 radical (unpaired) electrons. The van der Waals surface area contributed by atoms with E-state index in [-0.39, 0.29) is 29.8 Å². The number of nitrogens with one attached hydrogen (secondary N) is 1. The maximum Gasteiger partial charge on any atom is 0.225 e. The lowest BCUT2D eigenvalue weighted by Crippen LogP contribution is -2.42. The van der Waals surface area contributed by atoms with E-state index in [0.717, 1.165) is 12.8 Å². The molecule has 1 saturated heterocycles. The number of carbonyl (C=O) groups excluding carboxylic acids is 2. The summed E-state index contributed by atoms with van der Waals surface area (Å²) >= 11 is 0. The van der Waals surface area contributed by atoms with Crippen LogP contribution in [0.25, 0.3) is 0 Å². The van der Waals surface area contributed by atoms with Crippen molar-refractivity contribution in [1.29, 1.82) is 0 Å². The van der Waals surface area contributed by atoms with Crippen LogP contribution in [-0.2, 0) is 9.59 Å². The molecule has 3 atom stereocenters. The van der Waals surface area contributed by atoms with Gasteiger partial charge in [-0.25, -0.2) is 0 Å². The van der Waals surface area contributed by atoms with Gasteiger partial charge in [0.15, 0.2) is 0 Å². The van der Waals surface area contributed by atoms with Crippen LogP contribution in [0.2, 0.25) is 0 Å². The highest BCUT2D eigenvalue weighted by Gasteiger charge is 2.36. The standard InChI is InChI=1S/C13H25N3O2/c1-4-5-10(3)16-8-11(6-12(16)17)13(18)15-9(2)7-14/h9-11H,4-8,14H2,1-3H3,(H,15,18)/t9-,10?,11?/m0/s1. The molecular weight excluding hydrogens is 230 g/mol. The Balaban J connectivity index is 2.52. The summed E-state index contributed by atoms with van der Waals surface area (Å²) in [6.07, 6.45) is 2.36. The molecular formula is C13H25N3O2. The van der Waals surface area contributed by atoms with Crippen molar-refractivity contribution in [2.75, 3.05) is 13.1 Å². The van der Waals surface area contributed by atoms with Gasteiger partial charge in [-0.15, -0.1) is 0 Å². The van der Waals surface area contributed by atoms with Gasteiger partial charge in [0.05, 0.1) is 5.92 Å². The molecule has 1 aliphatic heterocycles. The summed E-state index contributed by atoms with van der Waals surface area (Å²) in [6, 6.07) is 0.196. The second-order valence-electron chi connectivity index (χ2n) is 5.23. The Kier molecular flexibility index (Phi) is 5.59. The van der Waals surface area contributed by atoms with E-state index < -0.39 is 0 Å². The highest BCUT2D eigenvalue weighted by molar-refractivity contribution is 5.89. The van der Waals surface area contributed by atoms with Crippen molar-refractivity contribution < 1.29 is 9.59 Å². The monoisotopic (exact) mass is 255 g/mol. The van der Waals surface area contributed by atoms with Gasteiger partial charge in [0.25, 0.3) is 0 Å². The molecule has 0 bridgehead atoms. The van der Waals surface area contributed by atoms with Crippen molar-refractivity contribution in [3.63, 3.8) is 0 Å². The summed E-state index contributed by atoms with van der Waals surface area (Å²) in [5, 5.41) is 2.84. The van der Waals surface area contributed by atoms with Crippen LogP contribution in [0, 0.1) is 5.92 Å². The zero-order valence-electron chi connectivity index (χ0n) is 11.6. The molecule has 0 spiro atoms. The summed E-state index contributed by atoms with van der Waals surface area (Å²) in [5.41, 5.74) is 5.47. The van der Waals surface area contributed by atoms with E-state index in [2.05, 4.69) is 12.2 Å². The number of likely N-dealkylation sites (tertiary alicyclic amines) is 1. The van der Waals surface area contributed by atoms with Gasteiger partial charge in [-0.1, -0.05) is 13.3 Å². The highest BCUT2D eigenvalue weighted by atomic mass is 16.2. The van der Waals surface area contributed by atoms with Gasteiger partial charge in [0, 0.05) is 31.6 Å². The van der Waals surface area contributed by atoms with Crippen molar-refractivity contribution in [3.8, 4) is 0 Å². The molecule has 1 fully saturated rings. The van der Waals surface area contributed by atoms with Crippen LogP contribution in [0.5, 0.6) is 0 Å². The fourth-order valence-corrected chi connectivity index (χ4v) is 2.33. The minimum Gasteiger partial charge on any atom is -0.352 e. The van der Waals surface area contributed by atoms with Gasteiger partial charge >= 0.3 is 0 Å². The Bertz CT molecular complexity index is 307. The first-order valence-electron chi connectivity index (χ1n) is 6.79. The third-order valence-electron chi connectivity index (χ3n) is 3.51. The molecule has 5 nitrogen and oxygen atoms in total. The summed E-state index contributed by atoms with van der Waals surface area (Å²) in [5.74, 6) is -0.171. The lowest BCUT2D eigenvalue weighted by molar-refractivity contribution is -0.130. The van der Waals surface area contributed by atoms with E-state index in [1.54, 1.807) is 0 Å². The summed E-state index contributed by atoms with van der Waals surface area (Å²) < 4.78 is 0. The van der Waals surface area contributed by atoms with E-state index in [0.29, 0.717) is 19.5 Å². The largest absolute Gasteiger partial charge is 0.352 e. The minimum absolute atomic E-state index is 0.0327. The number of carbonyl (C=O) groups is 2. The smallest absolute Gasteiger partial charge is 0.225 e. The molecule has 3 N–H and O–H groups in total. The lowest BCUT2D eigenvalue weighted by atomic mass is 10.1. The molecule has 0 aliphatic carbocycles. The number of nitrogens with zero attached hydrogens (tertiary/aromatic N) is 1. The second kappa shape index (κ2) is 6.73. The van der Waals surface area contributed by atoms with E-state index in [1.807, 2.05) is 18.7 Å². The maximum absolute atomic E-state index is 11.9. The third-order valence-corrected chi connectivity index (χ3v) is 3.51. The lowest BCUT2D eigenvalue weighted by Gasteiger charge is -2.24. The number of hydrogen-bond acceptors (Lipinski definition) is 3. The summed E-state index contributed by atoms with van der Waals surface area (Å²) in [4.78, 5) is 25.7. The van der Waals surface area contributed by atoms with E-state index in [1.165, 1.54) is 0 Å². The molecule has 18 heavy (non-hydrogen) atoms. The van der Waals surface area contributed by atoms with Gasteiger partial charge in [-0.05, 0) is 20.3 Å². The average molecular weight is 255 g/mol. The Morgan fingerprint density at radius 1 is 1.56 bits per heavy atom. The predicted octanol–water partition coefficient (Wildman–Crippen LogP) is 0.487.